The molecule has 6 heteroatoms. The lowest BCUT2D eigenvalue weighted by molar-refractivity contribution is -0.137. The molecule has 1 aliphatic carbocycles. The zero-order chi connectivity index (χ0) is 13.0. The van der Waals surface area contributed by atoms with Gasteiger partial charge in [-0.1, -0.05) is 0 Å². The van der Waals surface area contributed by atoms with Gasteiger partial charge >= 0.3 is 6.18 Å². The van der Waals surface area contributed by atoms with Gasteiger partial charge in [-0.25, -0.2) is 4.98 Å². The lowest BCUT2D eigenvalue weighted by Gasteiger charge is -2.34. The zero-order valence-electron chi connectivity index (χ0n) is 9.42. The zero-order valence-corrected chi connectivity index (χ0v) is 9.42. The van der Waals surface area contributed by atoms with Gasteiger partial charge in [0.15, 0.2) is 5.58 Å². The van der Waals surface area contributed by atoms with Crippen LogP contribution in [0.1, 0.15) is 30.7 Å². The van der Waals surface area contributed by atoms with Crippen LogP contribution in [-0.4, -0.2) is 4.98 Å². The van der Waals surface area contributed by atoms with Crippen LogP contribution in [0.15, 0.2) is 22.6 Å². The molecule has 0 spiro atoms. The molecule has 0 saturated heterocycles. The number of fused-ring (bicyclic) bond motifs is 1. The van der Waals surface area contributed by atoms with Crippen molar-refractivity contribution in [3.8, 4) is 0 Å². The van der Waals surface area contributed by atoms with Gasteiger partial charge in [0.1, 0.15) is 5.52 Å². The largest absolute Gasteiger partial charge is 0.439 e. The molecule has 1 aromatic heterocycles. The Balaban J connectivity index is 2.07. The second-order valence-corrected chi connectivity index (χ2v) is 4.71. The monoisotopic (exact) mass is 256 g/mol. The Hall–Kier alpha value is -1.56. The number of hydrogen-bond donors (Lipinski definition) is 1. The van der Waals surface area contributed by atoms with Crippen LogP contribution in [-0.2, 0) is 11.7 Å². The number of nitrogens with zero attached hydrogens (tertiary/aromatic N) is 1. The van der Waals surface area contributed by atoms with E-state index < -0.39 is 17.3 Å². The summed E-state index contributed by atoms with van der Waals surface area (Å²) in [5.74, 6) is 0.336. The summed E-state index contributed by atoms with van der Waals surface area (Å²) in [6.07, 6.45) is -1.87. The molecule has 0 atom stereocenters. The van der Waals surface area contributed by atoms with Gasteiger partial charge in [-0.3, -0.25) is 0 Å². The SMILES string of the molecule is NC1(c2nc3cc(C(F)(F)F)ccc3o2)CCC1. The highest BCUT2D eigenvalue weighted by Crippen LogP contribution is 2.40. The smallest absolute Gasteiger partial charge is 0.416 e. The first-order chi connectivity index (χ1) is 8.38. The van der Waals surface area contributed by atoms with E-state index in [1.165, 1.54) is 6.07 Å². The van der Waals surface area contributed by atoms with Crippen LogP contribution in [0.3, 0.4) is 0 Å². The first kappa shape index (κ1) is 11.5. The summed E-state index contributed by atoms with van der Waals surface area (Å²) >= 11 is 0. The van der Waals surface area contributed by atoms with E-state index in [-0.39, 0.29) is 5.52 Å². The van der Waals surface area contributed by atoms with E-state index in [4.69, 9.17) is 10.2 Å². The summed E-state index contributed by atoms with van der Waals surface area (Å²) in [5, 5.41) is 0. The first-order valence-corrected chi connectivity index (χ1v) is 5.66. The van der Waals surface area contributed by atoms with Crippen LogP contribution in [0, 0.1) is 0 Å². The maximum absolute atomic E-state index is 12.6. The minimum Gasteiger partial charge on any atom is -0.439 e. The van der Waals surface area contributed by atoms with Gasteiger partial charge in [-0.05, 0) is 37.5 Å². The van der Waals surface area contributed by atoms with Crippen molar-refractivity contribution >= 4 is 11.1 Å². The summed E-state index contributed by atoms with van der Waals surface area (Å²) in [6.45, 7) is 0. The molecule has 3 nitrogen and oxygen atoms in total. The molecule has 1 aliphatic rings. The second kappa shape index (κ2) is 3.47. The van der Waals surface area contributed by atoms with Crippen molar-refractivity contribution in [3.05, 3.63) is 29.7 Å². The average Bonchev–Trinajstić information content (AvgIpc) is 2.67. The topological polar surface area (TPSA) is 52.0 Å². The van der Waals surface area contributed by atoms with Crippen molar-refractivity contribution in [2.75, 3.05) is 0 Å². The van der Waals surface area contributed by atoms with E-state index in [1.54, 1.807) is 0 Å². The quantitative estimate of drug-likeness (QED) is 0.852. The van der Waals surface area contributed by atoms with Crippen molar-refractivity contribution < 1.29 is 17.6 Å². The van der Waals surface area contributed by atoms with Crippen LogP contribution >= 0.6 is 0 Å². The Morgan fingerprint density at radius 2 is 2.00 bits per heavy atom. The highest BCUT2D eigenvalue weighted by atomic mass is 19.4. The number of aromatic nitrogens is 1. The van der Waals surface area contributed by atoms with Crippen molar-refractivity contribution in [1.29, 1.82) is 0 Å². The normalized spacial score (nSPS) is 18.9. The van der Waals surface area contributed by atoms with Crippen molar-refractivity contribution in [1.82, 2.24) is 4.98 Å². The molecule has 0 amide bonds. The molecular formula is C12H11F3N2O. The van der Waals surface area contributed by atoms with Crippen LogP contribution in [0.4, 0.5) is 13.2 Å². The number of benzene rings is 1. The minimum absolute atomic E-state index is 0.205. The summed E-state index contributed by atoms with van der Waals surface area (Å²) in [7, 11) is 0. The third kappa shape index (κ3) is 1.68. The van der Waals surface area contributed by atoms with E-state index in [2.05, 4.69) is 4.98 Å². The molecule has 0 radical (unpaired) electrons. The molecule has 96 valence electrons. The highest BCUT2D eigenvalue weighted by Gasteiger charge is 2.39. The van der Waals surface area contributed by atoms with Gasteiger partial charge in [0.05, 0.1) is 11.1 Å². The van der Waals surface area contributed by atoms with Gasteiger partial charge in [0, 0.05) is 0 Å². The molecule has 3 rings (SSSR count). The molecule has 1 heterocycles. The van der Waals surface area contributed by atoms with Crippen LogP contribution in [0.25, 0.3) is 11.1 Å². The molecule has 2 aromatic rings. The molecule has 1 aromatic carbocycles. The lowest BCUT2D eigenvalue weighted by atomic mass is 9.78. The van der Waals surface area contributed by atoms with Crippen molar-refractivity contribution in [3.63, 3.8) is 0 Å². The van der Waals surface area contributed by atoms with E-state index in [0.717, 1.165) is 31.4 Å². The Morgan fingerprint density at radius 3 is 2.56 bits per heavy atom. The van der Waals surface area contributed by atoms with E-state index in [1.807, 2.05) is 0 Å². The first-order valence-electron chi connectivity index (χ1n) is 5.66. The second-order valence-electron chi connectivity index (χ2n) is 4.71. The summed E-state index contributed by atoms with van der Waals surface area (Å²) < 4.78 is 43.1. The van der Waals surface area contributed by atoms with Gasteiger partial charge in [-0.2, -0.15) is 13.2 Å². The summed E-state index contributed by atoms with van der Waals surface area (Å²) in [6, 6.07) is 3.27. The lowest BCUT2D eigenvalue weighted by Crippen LogP contribution is -2.43. The Labute approximate surface area is 101 Å². The number of hydrogen-bond acceptors (Lipinski definition) is 3. The number of halogens is 3. The van der Waals surface area contributed by atoms with Crippen molar-refractivity contribution in [2.45, 2.75) is 31.0 Å². The average molecular weight is 256 g/mol. The summed E-state index contributed by atoms with van der Waals surface area (Å²) in [5.41, 5.74) is 5.25. The van der Waals surface area contributed by atoms with E-state index >= 15 is 0 Å². The maximum Gasteiger partial charge on any atom is 0.416 e. The van der Waals surface area contributed by atoms with Gasteiger partial charge in [0.25, 0.3) is 0 Å². The molecular weight excluding hydrogens is 245 g/mol. The predicted molar refractivity (Wildman–Crippen MR) is 58.7 cm³/mol. The fourth-order valence-corrected chi connectivity index (χ4v) is 2.09. The fraction of sp³-hybridized carbons (Fsp3) is 0.417. The number of oxazole rings is 1. The van der Waals surface area contributed by atoms with Crippen molar-refractivity contribution in [2.24, 2.45) is 5.73 Å². The molecule has 1 saturated carbocycles. The molecule has 0 aliphatic heterocycles. The van der Waals surface area contributed by atoms with Gasteiger partial charge in [0.2, 0.25) is 5.89 Å². The number of rotatable bonds is 1. The Morgan fingerprint density at radius 1 is 1.28 bits per heavy atom. The number of nitrogens with two attached hydrogens (primary N) is 1. The van der Waals surface area contributed by atoms with Crippen LogP contribution < -0.4 is 5.73 Å². The third-order valence-corrected chi connectivity index (χ3v) is 3.39. The highest BCUT2D eigenvalue weighted by molar-refractivity contribution is 5.73. The number of alkyl halides is 3. The Kier molecular flexibility index (Phi) is 2.22. The Bertz CT molecular complexity index is 599. The molecule has 2 N–H and O–H groups in total. The molecule has 1 fully saturated rings. The molecule has 18 heavy (non-hydrogen) atoms. The van der Waals surface area contributed by atoms with Gasteiger partial charge in [-0.15, -0.1) is 0 Å². The van der Waals surface area contributed by atoms with Crippen LogP contribution in [0.2, 0.25) is 0 Å². The fourth-order valence-electron chi connectivity index (χ4n) is 2.09. The van der Waals surface area contributed by atoms with Gasteiger partial charge < -0.3 is 10.2 Å². The summed E-state index contributed by atoms with van der Waals surface area (Å²) in [4.78, 5) is 4.09. The maximum atomic E-state index is 12.6. The van der Waals surface area contributed by atoms with Crippen LogP contribution in [0.5, 0.6) is 0 Å². The molecule has 0 unspecified atom stereocenters. The predicted octanol–water partition coefficient (Wildman–Crippen LogP) is 3.18. The standard InChI is InChI=1S/C12H11F3N2O/c13-12(14,15)7-2-3-9-8(6-7)17-10(18-9)11(16)4-1-5-11/h2-3,6H,1,4-5,16H2. The third-order valence-electron chi connectivity index (χ3n) is 3.39. The molecule has 0 bridgehead atoms. The van der Waals surface area contributed by atoms with E-state index in [0.29, 0.717) is 11.5 Å². The van der Waals surface area contributed by atoms with E-state index in [9.17, 15) is 13.2 Å². The minimum atomic E-state index is -4.37.